The molecule has 0 radical (unpaired) electrons. The molecule has 1 heterocycles. The number of carbonyl (C=O) groups is 1. The first-order valence-corrected chi connectivity index (χ1v) is 7.39. The Morgan fingerprint density at radius 3 is 2.96 bits per heavy atom. The van der Waals surface area contributed by atoms with Gasteiger partial charge in [0.05, 0.1) is 24.7 Å². The van der Waals surface area contributed by atoms with E-state index in [1.54, 1.807) is 6.07 Å². The lowest BCUT2D eigenvalue weighted by Crippen LogP contribution is -2.46. The molecule has 1 aromatic rings. The summed E-state index contributed by atoms with van der Waals surface area (Å²) in [5.41, 5.74) is 0.389. The van der Waals surface area contributed by atoms with Crippen LogP contribution in [0.15, 0.2) is 18.2 Å². The molecule has 0 aromatic heterocycles. The number of likely N-dealkylation sites (tertiary alicyclic amines) is 1. The summed E-state index contributed by atoms with van der Waals surface area (Å²) in [6, 6.07) is 4.09. The molecule has 8 nitrogen and oxygen atoms in total. The third-order valence-corrected chi connectivity index (χ3v) is 3.92. The van der Waals surface area contributed by atoms with Gasteiger partial charge in [-0.05, 0) is 30.9 Å². The zero-order valence-corrected chi connectivity index (χ0v) is 12.9. The van der Waals surface area contributed by atoms with Gasteiger partial charge >= 0.3 is 5.69 Å². The largest absolute Gasteiger partial charge is 0.490 e. The standard InChI is InChI=1S/C15H20N2O6/c1-22-14-6-5-11(8-13(14)17(20)21)9-23-15(19)12-4-2-3-7-16(12)10-18/h5-6,8,10,12,15,19H,2-4,7,9H2,1H3. The van der Waals surface area contributed by atoms with Gasteiger partial charge in [-0.3, -0.25) is 14.9 Å². The fourth-order valence-electron chi connectivity index (χ4n) is 2.68. The highest BCUT2D eigenvalue weighted by Gasteiger charge is 2.28. The SMILES string of the molecule is COc1ccc(COC(O)C2CCCCN2C=O)cc1[N+](=O)[O-]. The van der Waals surface area contributed by atoms with Crippen LogP contribution in [0.25, 0.3) is 0 Å². The lowest BCUT2D eigenvalue weighted by Gasteiger charge is -2.35. The molecule has 0 saturated carbocycles. The number of nitrogens with zero attached hydrogens (tertiary/aromatic N) is 2. The summed E-state index contributed by atoms with van der Waals surface area (Å²) < 4.78 is 10.3. The minimum Gasteiger partial charge on any atom is -0.490 e. The van der Waals surface area contributed by atoms with Crippen molar-refractivity contribution in [2.24, 2.45) is 0 Å². The molecule has 0 spiro atoms. The van der Waals surface area contributed by atoms with Gasteiger partial charge in [0.2, 0.25) is 6.41 Å². The van der Waals surface area contributed by atoms with Crippen LogP contribution < -0.4 is 4.74 Å². The van der Waals surface area contributed by atoms with Gasteiger partial charge in [0.25, 0.3) is 0 Å². The van der Waals surface area contributed by atoms with Gasteiger partial charge in [0.15, 0.2) is 12.0 Å². The van der Waals surface area contributed by atoms with Crippen molar-refractivity contribution in [2.75, 3.05) is 13.7 Å². The molecule has 0 bridgehead atoms. The van der Waals surface area contributed by atoms with Crippen molar-refractivity contribution in [3.8, 4) is 5.75 Å². The third-order valence-electron chi connectivity index (χ3n) is 3.92. The molecule has 8 heteroatoms. The molecule has 1 N–H and O–H groups in total. The van der Waals surface area contributed by atoms with E-state index in [0.29, 0.717) is 24.9 Å². The van der Waals surface area contributed by atoms with Crippen molar-refractivity contribution >= 4 is 12.1 Å². The van der Waals surface area contributed by atoms with E-state index >= 15 is 0 Å². The molecule has 1 saturated heterocycles. The van der Waals surface area contributed by atoms with Crippen LogP contribution in [0.5, 0.6) is 5.75 Å². The highest BCUT2D eigenvalue weighted by molar-refractivity contribution is 5.49. The number of rotatable bonds is 7. The first-order valence-electron chi connectivity index (χ1n) is 7.39. The van der Waals surface area contributed by atoms with Crippen LogP contribution in [0.3, 0.4) is 0 Å². The number of ether oxygens (including phenoxy) is 2. The summed E-state index contributed by atoms with van der Waals surface area (Å²) in [6.45, 7) is 0.609. The topological polar surface area (TPSA) is 102 Å². The van der Waals surface area contributed by atoms with Crippen LogP contribution in [0.4, 0.5) is 5.69 Å². The summed E-state index contributed by atoms with van der Waals surface area (Å²) >= 11 is 0. The Hall–Kier alpha value is -2.19. The number of aliphatic hydroxyl groups excluding tert-OH is 1. The highest BCUT2D eigenvalue weighted by Crippen LogP contribution is 2.28. The molecule has 2 atom stereocenters. The van der Waals surface area contributed by atoms with E-state index in [2.05, 4.69) is 0 Å². The Kier molecular flexibility index (Phi) is 5.89. The minimum absolute atomic E-state index is 0.00913. The number of nitro groups is 1. The maximum absolute atomic E-state index is 11.0. The Morgan fingerprint density at radius 2 is 2.30 bits per heavy atom. The Balaban J connectivity index is 2.01. The van der Waals surface area contributed by atoms with Crippen molar-refractivity contribution < 1.29 is 24.3 Å². The summed E-state index contributed by atoms with van der Waals surface area (Å²) in [5.74, 6) is 0.165. The van der Waals surface area contributed by atoms with Gasteiger partial charge in [-0.25, -0.2) is 0 Å². The van der Waals surface area contributed by atoms with E-state index in [1.165, 1.54) is 24.1 Å². The number of amides is 1. The molecular weight excluding hydrogens is 304 g/mol. The Labute approximate surface area is 133 Å². The van der Waals surface area contributed by atoms with Crippen LogP contribution in [-0.2, 0) is 16.1 Å². The number of methoxy groups -OCH3 is 1. The van der Waals surface area contributed by atoms with Crippen molar-refractivity contribution in [2.45, 2.75) is 38.2 Å². The Morgan fingerprint density at radius 1 is 1.52 bits per heavy atom. The van der Waals surface area contributed by atoms with Crippen LogP contribution in [0, 0.1) is 10.1 Å². The average molecular weight is 324 g/mol. The van der Waals surface area contributed by atoms with Crippen molar-refractivity contribution in [1.82, 2.24) is 4.90 Å². The fraction of sp³-hybridized carbons (Fsp3) is 0.533. The molecule has 0 aliphatic carbocycles. The lowest BCUT2D eigenvalue weighted by atomic mass is 10.0. The second-order valence-electron chi connectivity index (χ2n) is 5.37. The quantitative estimate of drug-likeness (QED) is 0.352. The van der Waals surface area contributed by atoms with Gasteiger partial charge in [0, 0.05) is 12.6 Å². The number of aliphatic hydroxyl groups is 1. The molecule has 1 aliphatic heterocycles. The molecule has 2 rings (SSSR count). The normalized spacial score (nSPS) is 19.2. The maximum atomic E-state index is 11.0. The fourth-order valence-corrected chi connectivity index (χ4v) is 2.68. The third kappa shape index (κ3) is 4.17. The molecule has 1 fully saturated rings. The zero-order valence-electron chi connectivity index (χ0n) is 12.9. The highest BCUT2D eigenvalue weighted by atomic mass is 16.6. The molecule has 1 amide bonds. The number of benzene rings is 1. The van der Waals surface area contributed by atoms with Crippen molar-refractivity contribution in [3.63, 3.8) is 0 Å². The van der Waals surface area contributed by atoms with Gasteiger partial charge in [-0.2, -0.15) is 0 Å². The van der Waals surface area contributed by atoms with Gasteiger partial charge in [-0.1, -0.05) is 6.07 Å². The summed E-state index contributed by atoms with van der Waals surface area (Å²) in [5, 5.41) is 21.1. The predicted molar refractivity (Wildman–Crippen MR) is 80.9 cm³/mol. The van der Waals surface area contributed by atoms with Crippen LogP contribution in [0.1, 0.15) is 24.8 Å². The number of carbonyl (C=O) groups excluding carboxylic acids is 1. The van der Waals surface area contributed by atoms with Crippen molar-refractivity contribution in [1.29, 1.82) is 0 Å². The van der Waals surface area contributed by atoms with E-state index in [-0.39, 0.29) is 24.1 Å². The average Bonchev–Trinajstić information content (AvgIpc) is 2.59. The smallest absolute Gasteiger partial charge is 0.311 e. The second kappa shape index (κ2) is 7.89. The number of hydrogen-bond acceptors (Lipinski definition) is 6. The summed E-state index contributed by atoms with van der Waals surface area (Å²) in [7, 11) is 1.36. The number of hydrogen-bond donors (Lipinski definition) is 1. The first-order chi connectivity index (χ1) is 11.1. The van der Waals surface area contributed by atoms with E-state index in [1.807, 2.05) is 0 Å². The maximum Gasteiger partial charge on any atom is 0.311 e. The Bertz CT molecular complexity index is 565. The minimum atomic E-state index is -1.12. The van der Waals surface area contributed by atoms with Crippen LogP contribution in [0.2, 0.25) is 0 Å². The second-order valence-corrected chi connectivity index (χ2v) is 5.37. The van der Waals surface area contributed by atoms with E-state index in [9.17, 15) is 20.0 Å². The van der Waals surface area contributed by atoms with E-state index in [4.69, 9.17) is 9.47 Å². The molecule has 1 aromatic carbocycles. The van der Waals surface area contributed by atoms with Gasteiger partial charge in [0.1, 0.15) is 0 Å². The van der Waals surface area contributed by atoms with E-state index in [0.717, 1.165) is 12.8 Å². The zero-order chi connectivity index (χ0) is 16.8. The van der Waals surface area contributed by atoms with Crippen LogP contribution >= 0.6 is 0 Å². The molecule has 23 heavy (non-hydrogen) atoms. The van der Waals surface area contributed by atoms with Gasteiger partial charge in [-0.15, -0.1) is 0 Å². The molecule has 2 unspecified atom stereocenters. The summed E-state index contributed by atoms with van der Waals surface area (Å²) in [6.07, 6.45) is 2.09. The monoisotopic (exact) mass is 324 g/mol. The molecule has 1 aliphatic rings. The van der Waals surface area contributed by atoms with Crippen LogP contribution in [-0.4, -0.2) is 47.3 Å². The summed E-state index contributed by atoms with van der Waals surface area (Å²) in [4.78, 5) is 23.0. The predicted octanol–water partition coefficient (Wildman–Crippen LogP) is 1.45. The molecule has 126 valence electrons. The first kappa shape index (κ1) is 17.2. The number of piperidine rings is 1. The van der Waals surface area contributed by atoms with Gasteiger partial charge < -0.3 is 19.5 Å². The molecular formula is C15H20N2O6. The number of nitro benzene ring substituents is 1. The lowest BCUT2D eigenvalue weighted by molar-refractivity contribution is -0.385. The van der Waals surface area contributed by atoms with Crippen molar-refractivity contribution in [3.05, 3.63) is 33.9 Å². The van der Waals surface area contributed by atoms with E-state index < -0.39 is 11.2 Å².